The summed E-state index contributed by atoms with van der Waals surface area (Å²) in [4.78, 5) is 12.5. The molecule has 0 atom stereocenters. The van der Waals surface area contributed by atoms with Gasteiger partial charge in [0.2, 0.25) is 11.7 Å². The van der Waals surface area contributed by atoms with Crippen LogP contribution in [0, 0.1) is 0 Å². The van der Waals surface area contributed by atoms with E-state index in [1.807, 2.05) is 4.57 Å². The Labute approximate surface area is 216 Å². The number of carbonyl (C=O) groups is 1. The Morgan fingerprint density at radius 1 is 1.03 bits per heavy atom. The molecule has 0 unspecified atom stereocenters. The molecule has 180 valence electrons. The highest BCUT2D eigenvalue weighted by atomic mass is 35.5. The molecule has 0 fully saturated rings. The van der Waals surface area contributed by atoms with Gasteiger partial charge in [0.1, 0.15) is 0 Å². The third kappa shape index (κ3) is 5.72. The van der Waals surface area contributed by atoms with Crippen LogP contribution < -0.4 is 19.5 Å². The van der Waals surface area contributed by atoms with E-state index in [0.717, 1.165) is 0 Å². The van der Waals surface area contributed by atoms with Gasteiger partial charge >= 0.3 is 0 Å². The number of methoxy groups -OCH3 is 3. The number of rotatable bonds is 10. The van der Waals surface area contributed by atoms with Crippen LogP contribution in [0.3, 0.4) is 0 Å². The van der Waals surface area contributed by atoms with Crippen LogP contribution in [0.25, 0.3) is 11.4 Å². The molecule has 0 saturated heterocycles. The lowest BCUT2D eigenvalue weighted by atomic mass is 10.1. The predicted molar refractivity (Wildman–Crippen MR) is 136 cm³/mol. The Kier molecular flexibility index (Phi) is 8.96. The average molecular weight is 544 g/mol. The summed E-state index contributed by atoms with van der Waals surface area (Å²) in [7, 11) is 4.61. The molecular weight excluding hydrogens is 523 g/mol. The summed E-state index contributed by atoms with van der Waals surface area (Å²) in [6.07, 6.45) is 1.71. The Hall–Kier alpha value is -2.59. The highest BCUT2D eigenvalue weighted by molar-refractivity contribution is 7.99. The fraction of sp³-hybridized carbons (Fsp3) is 0.227. The van der Waals surface area contributed by atoms with Crippen LogP contribution in [0.1, 0.15) is 0 Å². The minimum atomic E-state index is -0.298. The van der Waals surface area contributed by atoms with Gasteiger partial charge in [0.15, 0.2) is 22.5 Å². The van der Waals surface area contributed by atoms with Crippen LogP contribution in [0.5, 0.6) is 17.2 Å². The minimum Gasteiger partial charge on any atom is -0.493 e. The number of ether oxygens (including phenoxy) is 3. The molecule has 1 aromatic heterocycles. The standard InChI is InChI=1S/C22H21Cl3N4O4S/c1-5-6-29-21(12-7-17(31-2)20(33-4)18(8-12)32-3)27-28-22(29)34-11-19(30)26-16-10-14(24)13(23)9-15(16)25/h5,7-10H,1,6,11H2,2-4H3,(H,26,30). The van der Waals surface area contributed by atoms with Crippen LogP contribution in [-0.4, -0.2) is 47.8 Å². The summed E-state index contributed by atoms with van der Waals surface area (Å²) in [6.45, 7) is 4.23. The fourth-order valence-electron chi connectivity index (χ4n) is 3.05. The first-order valence-electron chi connectivity index (χ1n) is 9.74. The van der Waals surface area contributed by atoms with Gasteiger partial charge < -0.3 is 19.5 Å². The van der Waals surface area contributed by atoms with E-state index in [1.165, 1.54) is 45.2 Å². The van der Waals surface area contributed by atoms with Gasteiger partial charge in [-0.15, -0.1) is 16.8 Å². The van der Waals surface area contributed by atoms with Crippen LogP contribution in [-0.2, 0) is 11.3 Å². The number of anilines is 1. The number of carbonyl (C=O) groups excluding carboxylic acids is 1. The average Bonchev–Trinajstić information content (AvgIpc) is 3.22. The van der Waals surface area contributed by atoms with Gasteiger partial charge in [-0.05, 0) is 24.3 Å². The zero-order chi connectivity index (χ0) is 24.8. The number of allylic oxidation sites excluding steroid dienone is 1. The third-order valence-electron chi connectivity index (χ3n) is 4.57. The Bertz CT molecular complexity index is 1190. The summed E-state index contributed by atoms with van der Waals surface area (Å²) in [6, 6.07) is 6.52. The molecule has 2 aromatic carbocycles. The molecule has 0 bridgehead atoms. The van der Waals surface area contributed by atoms with Crippen molar-refractivity contribution in [2.75, 3.05) is 32.4 Å². The number of nitrogens with one attached hydrogen (secondary N) is 1. The van der Waals surface area contributed by atoms with Crippen molar-refractivity contribution in [2.45, 2.75) is 11.7 Å². The molecule has 1 N–H and O–H groups in total. The third-order valence-corrected chi connectivity index (χ3v) is 6.57. The van der Waals surface area contributed by atoms with Gasteiger partial charge in [0.05, 0.1) is 47.8 Å². The van der Waals surface area contributed by atoms with Crippen molar-refractivity contribution in [2.24, 2.45) is 0 Å². The van der Waals surface area contributed by atoms with Crippen molar-refractivity contribution in [1.82, 2.24) is 14.8 Å². The van der Waals surface area contributed by atoms with Gasteiger partial charge in [-0.25, -0.2) is 0 Å². The number of amides is 1. The van der Waals surface area contributed by atoms with E-state index in [2.05, 4.69) is 22.1 Å². The SMILES string of the molecule is C=CCn1c(SCC(=O)Nc2cc(Cl)c(Cl)cc2Cl)nnc1-c1cc(OC)c(OC)c(OC)c1. The number of halogens is 3. The molecule has 3 aromatic rings. The van der Waals surface area contributed by atoms with Crippen LogP contribution in [0.15, 0.2) is 42.1 Å². The second-order valence-corrected chi connectivity index (χ2v) is 8.87. The molecule has 0 saturated carbocycles. The highest BCUT2D eigenvalue weighted by Gasteiger charge is 2.20. The van der Waals surface area contributed by atoms with E-state index in [4.69, 9.17) is 49.0 Å². The first-order valence-corrected chi connectivity index (χ1v) is 11.9. The maximum Gasteiger partial charge on any atom is 0.234 e. The van der Waals surface area contributed by atoms with Crippen LogP contribution >= 0.6 is 46.6 Å². The molecular formula is C22H21Cl3N4O4S. The summed E-state index contributed by atoms with van der Waals surface area (Å²) < 4.78 is 18.1. The predicted octanol–water partition coefficient (Wildman–Crippen LogP) is 5.85. The minimum absolute atomic E-state index is 0.0567. The highest BCUT2D eigenvalue weighted by Crippen LogP contribution is 2.41. The zero-order valence-corrected chi connectivity index (χ0v) is 21.6. The van der Waals surface area contributed by atoms with E-state index < -0.39 is 0 Å². The van der Waals surface area contributed by atoms with E-state index in [-0.39, 0.29) is 21.7 Å². The molecule has 34 heavy (non-hydrogen) atoms. The molecule has 0 spiro atoms. The van der Waals surface area contributed by atoms with E-state index in [0.29, 0.717) is 51.0 Å². The molecule has 0 aliphatic rings. The first-order chi connectivity index (χ1) is 16.3. The number of thioether (sulfide) groups is 1. The molecule has 0 aliphatic carbocycles. The molecule has 0 radical (unpaired) electrons. The van der Waals surface area contributed by atoms with Gasteiger partial charge in [0.25, 0.3) is 0 Å². The Balaban J connectivity index is 1.84. The fourth-order valence-corrected chi connectivity index (χ4v) is 4.39. The summed E-state index contributed by atoms with van der Waals surface area (Å²) in [5, 5.41) is 12.7. The normalized spacial score (nSPS) is 10.6. The number of benzene rings is 2. The van der Waals surface area contributed by atoms with Gasteiger partial charge in [-0.2, -0.15) is 0 Å². The molecule has 8 nitrogen and oxygen atoms in total. The maximum atomic E-state index is 12.5. The molecule has 1 amide bonds. The van der Waals surface area contributed by atoms with Crippen molar-refractivity contribution < 1.29 is 19.0 Å². The van der Waals surface area contributed by atoms with Crippen LogP contribution in [0.2, 0.25) is 15.1 Å². The molecule has 12 heteroatoms. The number of nitrogens with zero attached hydrogens (tertiary/aromatic N) is 3. The Morgan fingerprint density at radius 2 is 1.68 bits per heavy atom. The van der Waals surface area contributed by atoms with Gasteiger partial charge in [-0.3, -0.25) is 9.36 Å². The quantitative estimate of drug-likeness (QED) is 0.195. The topological polar surface area (TPSA) is 87.5 Å². The van der Waals surface area contributed by atoms with Crippen LogP contribution in [0.4, 0.5) is 5.69 Å². The second kappa shape index (κ2) is 11.7. The largest absolute Gasteiger partial charge is 0.493 e. The van der Waals surface area contributed by atoms with Crippen molar-refractivity contribution >= 4 is 58.2 Å². The zero-order valence-electron chi connectivity index (χ0n) is 18.5. The maximum absolute atomic E-state index is 12.5. The molecule has 3 rings (SSSR count). The molecule has 1 heterocycles. The lowest BCUT2D eigenvalue weighted by Crippen LogP contribution is -2.15. The number of aromatic nitrogens is 3. The lowest BCUT2D eigenvalue weighted by molar-refractivity contribution is -0.113. The number of hydrogen-bond acceptors (Lipinski definition) is 7. The summed E-state index contributed by atoms with van der Waals surface area (Å²) in [5.74, 6) is 1.74. The monoisotopic (exact) mass is 542 g/mol. The van der Waals surface area contributed by atoms with E-state index in [9.17, 15) is 4.79 Å². The number of hydrogen-bond donors (Lipinski definition) is 1. The van der Waals surface area contributed by atoms with E-state index >= 15 is 0 Å². The van der Waals surface area contributed by atoms with E-state index in [1.54, 1.807) is 18.2 Å². The van der Waals surface area contributed by atoms with Crippen molar-refractivity contribution in [1.29, 1.82) is 0 Å². The lowest BCUT2D eigenvalue weighted by Gasteiger charge is -2.14. The van der Waals surface area contributed by atoms with Crippen molar-refractivity contribution in [3.63, 3.8) is 0 Å². The second-order valence-electron chi connectivity index (χ2n) is 6.70. The Morgan fingerprint density at radius 3 is 2.26 bits per heavy atom. The van der Waals surface area contributed by atoms with Crippen molar-refractivity contribution in [3.8, 4) is 28.6 Å². The first kappa shape index (κ1) is 26.0. The summed E-state index contributed by atoms with van der Waals surface area (Å²) >= 11 is 19.3. The van der Waals surface area contributed by atoms with Gasteiger partial charge in [0, 0.05) is 12.1 Å². The smallest absolute Gasteiger partial charge is 0.234 e. The van der Waals surface area contributed by atoms with Crippen molar-refractivity contribution in [3.05, 3.63) is 52.0 Å². The van der Waals surface area contributed by atoms with Gasteiger partial charge in [-0.1, -0.05) is 52.6 Å². The summed E-state index contributed by atoms with van der Waals surface area (Å²) in [5.41, 5.74) is 1.06. The molecule has 0 aliphatic heterocycles.